The molecule has 2 heterocycles. The van der Waals surface area contributed by atoms with Crippen molar-refractivity contribution < 1.29 is 9.18 Å². The van der Waals surface area contributed by atoms with Gasteiger partial charge in [-0.2, -0.15) is 4.98 Å². The van der Waals surface area contributed by atoms with E-state index in [1.807, 2.05) is 0 Å². The molecule has 1 aromatic carbocycles. The normalized spacial score (nSPS) is 11.0. The summed E-state index contributed by atoms with van der Waals surface area (Å²) in [5.41, 5.74) is 5.77. The summed E-state index contributed by atoms with van der Waals surface area (Å²) in [7, 11) is 0. The van der Waals surface area contributed by atoms with Gasteiger partial charge in [-0.05, 0) is 18.2 Å². The molecule has 21 heavy (non-hydrogen) atoms. The molecule has 0 fully saturated rings. The van der Waals surface area contributed by atoms with Crippen LogP contribution in [-0.4, -0.2) is 26.1 Å². The minimum Gasteiger partial charge on any atom is -0.367 e. The number of H-pyrrole nitrogens is 2. The molecule has 108 valence electrons. The topological polar surface area (TPSA) is 112 Å². The largest absolute Gasteiger partial charge is 0.367 e. The molecule has 0 aliphatic heterocycles. The van der Waals surface area contributed by atoms with E-state index in [9.17, 15) is 9.18 Å². The quantitative estimate of drug-likeness (QED) is 0.574. The molecular formula is C12H10BrFN6O. The van der Waals surface area contributed by atoms with E-state index in [-0.39, 0.29) is 18.2 Å². The van der Waals surface area contributed by atoms with Crippen LogP contribution in [0.1, 0.15) is 16.3 Å². The molecule has 3 aromatic rings. The van der Waals surface area contributed by atoms with Crippen LogP contribution in [0.15, 0.2) is 22.7 Å². The number of carbonyl (C=O) groups excluding carboxylic acids is 1. The lowest BCUT2D eigenvalue weighted by Crippen LogP contribution is -2.24. The van der Waals surface area contributed by atoms with Crippen LogP contribution in [0.5, 0.6) is 0 Å². The Morgan fingerprint density at radius 2 is 2.29 bits per heavy atom. The number of hydrogen-bond acceptors (Lipinski definition) is 4. The van der Waals surface area contributed by atoms with E-state index in [1.165, 1.54) is 0 Å². The van der Waals surface area contributed by atoms with Gasteiger partial charge in [0, 0.05) is 15.4 Å². The lowest BCUT2D eigenvalue weighted by molar-refractivity contribution is 0.0941. The number of aromatic nitrogens is 4. The zero-order valence-corrected chi connectivity index (χ0v) is 12.2. The van der Waals surface area contributed by atoms with E-state index in [0.717, 1.165) is 4.47 Å². The number of fused-ring (bicyclic) bond motifs is 1. The van der Waals surface area contributed by atoms with Crippen LogP contribution in [0.25, 0.3) is 10.9 Å². The van der Waals surface area contributed by atoms with Crippen molar-refractivity contribution in [3.05, 3.63) is 40.0 Å². The first kappa shape index (κ1) is 13.6. The van der Waals surface area contributed by atoms with Crippen molar-refractivity contribution in [1.29, 1.82) is 0 Å². The molecule has 9 heteroatoms. The van der Waals surface area contributed by atoms with Gasteiger partial charge in [0.2, 0.25) is 5.95 Å². The van der Waals surface area contributed by atoms with Crippen molar-refractivity contribution in [2.75, 3.05) is 5.73 Å². The van der Waals surface area contributed by atoms with Gasteiger partial charge in [-0.15, -0.1) is 5.10 Å². The van der Waals surface area contributed by atoms with Gasteiger partial charge in [0.15, 0.2) is 5.82 Å². The van der Waals surface area contributed by atoms with Crippen LogP contribution >= 0.6 is 15.9 Å². The SMILES string of the molecule is Nc1n[nH]c(CNC(=O)c2[nH]c3ccc(Br)cc3c2F)n1. The predicted octanol–water partition coefficient (Wildman–Crippen LogP) is 1.70. The fourth-order valence-electron chi connectivity index (χ4n) is 1.93. The van der Waals surface area contributed by atoms with E-state index in [1.54, 1.807) is 18.2 Å². The number of aromatic amines is 2. The van der Waals surface area contributed by atoms with Crippen LogP contribution < -0.4 is 11.1 Å². The Kier molecular flexibility index (Phi) is 3.34. The monoisotopic (exact) mass is 352 g/mol. The van der Waals surface area contributed by atoms with Crippen LogP contribution in [0.2, 0.25) is 0 Å². The molecule has 0 atom stereocenters. The third kappa shape index (κ3) is 2.59. The lowest BCUT2D eigenvalue weighted by Gasteiger charge is -2.00. The van der Waals surface area contributed by atoms with Crippen molar-refractivity contribution in [2.45, 2.75) is 6.54 Å². The average molecular weight is 353 g/mol. The lowest BCUT2D eigenvalue weighted by atomic mass is 10.2. The van der Waals surface area contributed by atoms with Crippen molar-refractivity contribution >= 4 is 38.7 Å². The highest BCUT2D eigenvalue weighted by molar-refractivity contribution is 9.10. The number of nitrogen functional groups attached to an aromatic ring is 1. The van der Waals surface area contributed by atoms with Gasteiger partial charge in [0.1, 0.15) is 11.5 Å². The van der Waals surface area contributed by atoms with Crippen LogP contribution in [0.4, 0.5) is 10.3 Å². The highest BCUT2D eigenvalue weighted by Gasteiger charge is 2.18. The number of halogens is 2. The summed E-state index contributed by atoms with van der Waals surface area (Å²) >= 11 is 3.26. The first-order valence-corrected chi connectivity index (χ1v) is 6.75. The van der Waals surface area contributed by atoms with Crippen molar-refractivity contribution in [3.63, 3.8) is 0 Å². The Morgan fingerprint density at radius 1 is 1.48 bits per heavy atom. The Bertz CT molecular complexity index is 826. The number of rotatable bonds is 3. The molecule has 0 aliphatic carbocycles. The third-order valence-electron chi connectivity index (χ3n) is 2.89. The Labute approximate surface area is 126 Å². The summed E-state index contributed by atoms with van der Waals surface area (Å²) in [4.78, 5) is 18.6. The van der Waals surface area contributed by atoms with E-state index < -0.39 is 11.7 Å². The minimum atomic E-state index is -0.596. The summed E-state index contributed by atoms with van der Waals surface area (Å²) < 4.78 is 15.0. The number of nitrogens with two attached hydrogens (primary N) is 1. The number of benzene rings is 1. The van der Waals surface area contributed by atoms with Crippen LogP contribution in [-0.2, 0) is 6.54 Å². The maximum absolute atomic E-state index is 14.2. The maximum Gasteiger partial charge on any atom is 0.271 e. The highest BCUT2D eigenvalue weighted by Crippen LogP contribution is 2.24. The van der Waals surface area contributed by atoms with Crippen LogP contribution in [0.3, 0.4) is 0 Å². The molecule has 2 aromatic heterocycles. The Balaban J connectivity index is 1.82. The predicted molar refractivity (Wildman–Crippen MR) is 77.9 cm³/mol. The van der Waals surface area contributed by atoms with Gasteiger partial charge in [0.25, 0.3) is 5.91 Å². The smallest absolute Gasteiger partial charge is 0.271 e. The average Bonchev–Trinajstić information content (AvgIpc) is 3.01. The summed E-state index contributed by atoms with van der Waals surface area (Å²) in [6, 6.07) is 5.06. The standard InChI is InChI=1S/C12H10BrFN6O/c13-5-1-2-7-6(3-5)9(14)10(17-7)11(21)16-4-8-18-12(15)20-19-8/h1-3,17H,4H2,(H,16,21)(H3,15,18,19,20). The minimum absolute atomic E-state index is 0.0710. The first-order valence-electron chi connectivity index (χ1n) is 5.96. The van der Waals surface area contributed by atoms with E-state index in [2.05, 4.69) is 41.4 Å². The molecule has 5 N–H and O–H groups in total. The number of nitrogens with zero attached hydrogens (tertiary/aromatic N) is 2. The summed E-state index contributed by atoms with van der Waals surface area (Å²) in [6.45, 7) is 0.0710. The number of amides is 1. The number of hydrogen-bond donors (Lipinski definition) is 4. The molecule has 1 amide bonds. The zero-order valence-electron chi connectivity index (χ0n) is 10.6. The molecule has 0 saturated carbocycles. The second-order valence-electron chi connectivity index (χ2n) is 4.33. The summed E-state index contributed by atoms with van der Waals surface area (Å²) in [5, 5.41) is 9.06. The zero-order chi connectivity index (χ0) is 15.0. The van der Waals surface area contributed by atoms with Crippen molar-refractivity contribution in [2.24, 2.45) is 0 Å². The Morgan fingerprint density at radius 3 is 3.00 bits per heavy atom. The van der Waals surface area contributed by atoms with Gasteiger partial charge in [-0.1, -0.05) is 15.9 Å². The van der Waals surface area contributed by atoms with Gasteiger partial charge in [-0.3, -0.25) is 9.89 Å². The molecule has 0 radical (unpaired) electrons. The molecule has 0 unspecified atom stereocenters. The van der Waals surface area contributed by atoms with E-state index in [4.69, 9.17) is 5.73 Å². The highest BCUT2D eigenvalue weighted by atomic mass is 79.9. The number of anilines is 1. The first-order chi connectivity index (χ1) is 10.0. The molecular weight excluding hydrogens is 343 g/mol. The van der Waals surface area contributed by atoms with Gasteiger partial charge in [-0.25, -0.2) is 4.39 Å². The van der Waals surface area contributed by atoms with Crippen LogP contribution in [0, 0.1) is 5.82 Å². The van der Waals surface area contributed by atoms with Crippen molar-refractivity contribution in [1.82, 2.24) is 25.5 Å². The molecule has 3 rings (SSSR count). The number of nitrogens with one attached hydrogen (secondary N) is 3. The van der Waals surface area contributed by atoms with Gasteiger partial charge >= 0.3 is 0 Å². The van der Waals surface area contributed by atoms with E-state index in [0.29, 0.717) is 16.7 Å². The van der Waals surface area contributed by atoms with E-state index >= 15 is 0 Å². The molecule has 0 spiro atoms. The Hall–Kier alpha value is -2.42. The molecule has 7 nitrogen and oxygen atoms in total. The molecule has 0 bridgehead atoms. The fourth-order valence-corrected chi connectivity index (χ4v) is 2.29. The fraction of sp³-hybridized carbons (Fsp3) is 0.0833. The van der Waals surface area contributed by atoms with Gasteiger partial charge in [0.05, 0.1) is 6.54 Å². The van der Waals surface area contributed by atoms with Crippen molar-refractivity contribution in [3.8, 4) is 0 Å². The summed E-state index contributed by atoms with van der Waals surface area (Å²) in [5.74, 6) is -0.698. The second-order valence-corrected chi connectivity index (χ2v) is 5.24. The second kappa shape index (κ2) is 5.17. The molecule has 0 aliphatic rings. The molecule has 0 saturated heterocycles. The third-order valence-corrected chi connectivity index (χ3v) is 3.38. The van der Waals surface area contributed by atoms with Gasteiger partial charge < -0.3 is 16.0 Å². The maximum atomic E-state index is 14.2. The summed E-state index contributed by atoms with van der Waals surface area (Å²) in [6.07, 6.45) is 0. The number of carbonyl (C=O) groups is 1.